The summed E-state index contributed by atoms with van der Waals surface area (Å²) in [6.45, 7) is 7.70. The molecular formula is C30H32N4O2. The number of amides is 1. The van der Waals surface area contributed by atoms with Gasteiger partial charge in [-0.1, -0.05) is 71.8 Å². The van der Waals surface area contributed by atoms with Gasteiger partial charge in [-0.05, 0) is 37.1 Å². The lowest BCUT2D eigenvalue weighted by Gasteiger charge is -2.55. The summed E-state index contributed by atoms with van der Waals surface area (Å²) in [6, 6.07) is 24.4. The first-order chi connectivity index (χ1) is 17.4. The molecule has 6 rings (SSSR count). The largest absolute Gasteiger partial charge is 0.380 e. The molecule has 0 unspecified atom stereocenters. The molecule has 6 nitrogen and oxygen atoms in total. The summed E-state index contributed by atoms with van der Waals surface area (Å²) < 4.78 is 9.40. The van der Waals surface area contributed by atoms with E-state index < -0.39 is 6.04 Å². The van der Waals surface area contributed by atoms with Gasteiger partial charge in [0.15, 0.2) is 0 Å². The van der Waals surface area contributed by atoms with Crippen LogP contribution in [0, 0.1) is 24.7 Å². The lowest BCUT2D eigenvalue weighted by molar-refractivity contribution is -0.197. The van der Waals surface area contributed by atoms with E-state index >= 15 is 0 Å². The van der Waals surface area contributed by atoms with E-state index in [1.54, 1.807) is 0 Å². The van der Waals surface area contributed by atoms with Crippen LogP contribution in [0.25, 0.3) is 11.0 Å². The second-order valence-corrected chi connectivity index (χ2v) is 10.6. The Hall–Kier alpha value is -3.64. The second-order valence-electron chi connectivity index (χ2n) is 10.6. The summed E-state index contributed by atoms with van der Waals surface area (Å²) in [5.41, 5.74) is 7.04. The fourth-order valence-electron chi connectivity index (χ4n) is 5.55. The number of aryl methyl sites for hydroxylation is 2. The van der Waals surface area contributed by atoms with Gasteiger partial charge in [0.1, 0.15) is 6.04 Å². The standard InChI is InChI=1S/C30H32N4O2/c1-21-7-11-23(12-8-21)15-27(28(35)32-17-30(18-32)19-36-20-30)34-26-6-4-3-5-25(26)33(29(34)31)16-24-13-9-22(2)10-14-24/h3-14,27,31H,15-20H2,1-2H3/t27-/m0/s1. The Balaban J connectivity index is 1.42. The van der Waals surface area contributed by atoms with Gasteiger partial charge in [0.05, 0.1) is 36.2 Å². The smallest absolute Gasteiger partial charge is 0.246 e. The third kappa shape index (κ3) is 3.95. The van der Waals surface area contributed by atoms with Crippen molar-refractivity contribution in [2.24, 2.45) is 5.41 Å². The number of aromatic nitrogens is 2. The van der Waals surface area contributed by atoms with Crippen LogP contribution < -0.4 is 5.62 Å². The van der Waals surface area contributed by atoms with E-state index in [0.29, 0.717) is 18.6 Å². The van der Waals surface area contributed by atoms with Gasteiger partial charge in [0.25, 0.3) is 0 Å². The molecule has 184 valence electrons. The van der Waals surface area contributed by atoms with Crippen LogP contribution in [0.2, 0.25) is 0 Å². The first-order valence-corrected chi connectivity index (χ1v) is 12.6. The number of hydrogen-bond donors (Lipinski definition) is 1. The minimum absolute atomic E-state index is 0.0878. The summed E-state index contributed by atoms with van der Waals surface area (Å²) in [5, 5.41) is 9.27. The lowest BCUT2D eigenvalue weighted by Crippen LogP contribution is -2.68. The van der Waals surface area contributed by atoms with Gasteiger partial charge in [-0.15, -0.1) is 0 Å². The maximum atomic E-state index is 14.0. The summed E-state index contributed by atoms with van der Waals surface area (Å²) in [7, 11) is 0. The highest BCUT2D eigenvalue weighted by atomic mass is 16.5. The molecule has 0 aliphatic carbocycles. The van der Waals surface area contributed by atoms with Gasteiger partial charge in [0.2, 0.25) is 11.5 Å². The van der Waals surface area contributed by atoms with Crippen molar-refractivity contribution < 1.29 is 9.53 Å². The number of fused-ring (bicyclic) bond motifs is 1. The van der Waals surface area contributed by atoms with Gasteiger partial charge in [-0.2, -0.15) is 0 Å². The summed E-state index contributed by atoms with van der Waals surface area (Å²) in [6.07, 6.45) is 0.550. The number of carbonyl (C=O) groups is 1. The average Bonchev–Trinajstić information content (AvgIpc) is 3.09. The van der Waals surface area contributed by atoms with Gasteiger partial charge in [-0.25, -0.2) is 0 Å². The third-order valence-electron chi connectivity index (χ3n) is 7.70. The zero-order chi connectivity index (χ0) is 24.9. The summed E-state index contributed by atoms with van der Waals surface area (Å²) >= 11 is 0. The third-order valence-corrected chi connectivity index (χ3v) is 7.70. The van der Waals surface area contributed by atoms with E-state index in [1.807, 2.05) is 32.2 Å². The van der Waals surface area contributed by atoms with Crippen LogP contribution in [0.4, 0.5) is 0 Å². The maximum absolute atomic E-state index is 14.0. The number of nitrogens with zero attached hydrogens (tertiary/aromatic N) is 3. The quantitative estimate of drug-likeness (QED) is 0.449. The zero-order valence-corrected chi connectivity index (χ0v) is 20.9. The maximum Gasteiger partial charge on any atom is 0.246 e. The number of benzene rings is 3. The van der Waals surface area contributed by atoms with Gasteiger partial charge in [-0.3, -0.25) is 14.8 Å². The van der Waals surface area contributed by atoms with Crippen LogP contribution in [0.3, 0.4) is 0 Å². The van der Waals surface area contributed by atoms with Crippen molar-refractivity contribution in [2.75, 3.05) is 26.3 Å². The number of nitrogens with one attached hydrogen (secondary N) is 1. The monoisotopic (exact) mass is 480 g/mol. The average molecular weight is 481 g/mol. The minimum Gasteiger partial charge on any atom is -0.380 e. The van der Waals surface area contributed by atoms with Crippen molar-refractivity contribution in [1.29, 1.82) is 5.41 Å². The Morgan fingerprint density at radius 3 is 2.06 bits per heavy atom. The van der Waals surface area contributed by atoms with Crippen molar-refractivity contribution in [3.63, 3.8) is 0 Å². The Bertz CT molecular complexity index is 1470. The number of imidazole rings is 1. The molecule has 1 N–H and O–H groups in total. The second kappa shape index (κ2) is 8.79. The molecule has 3 aromatic carbocycles. The van der Waals surface area contributed by atoms with Crippen LogP contribution >= 0.6 is 0 Å². The number of ether oxygens (including phenoxy) is 1. The molecule has 1 amide bonds. The zero-order valence-electron chi connectivity index (χ0n) is 20.9. The first kappa shape index (κ1) is 22.8. The van der Waals surface area contributed by atoms with E-state index in [1.165, 1.54) is 11.1 Å². The molecule has 2 saturated heterocycles. The summed E-state index contributed by atoms with van der Waals surface area (Å²) in [4.78, 5) is 16.0. The molecule has 6 heteroatoms. The highest BCUT2D eigenvalue weighted by molar-refractivity contribution is 5.85. The molecular weight excluding hydrogens is 448 g/mol. The van der Waals surface area contributed by atoms with Gasteiger partial charge in [0, 0.05) is 19.5 Å². The molecule has 0 saturated carbocycles. The van der Waals surface area contributed by atoms with Crippen LogP contribution in [0.15, 0.2) is 72.8 Å². The Labute approximate surface area is 211 Å². The van der Waals surface area contributed by atoms with E-state index in [-0.39, 0.29) is 11.3 Å². The lowest BCUT2D eigenvalue weighted by atomic mass is 9.77. The number of para-hydroxylation sites is 2. The molecule has 4 aromatic rings. The predicted octanol–water partition coefficient (Wildman–Crippen LogP) is 4.23. The molecule has 1 aromatic heterocycles. The van der Waals surface area contributed by atoms with Crippen molar-refractivity contribution >= 4 is 16.9 Å². The van der Waals surface area contributed by atoms with Crippen LogP contribution in [0.5, 0.6) is 0 Å². The molecule has 0 bridgehead atoms. The molecule has 3 heterocycles. The van der Waals surface area contributed by atoms with Crippen LogP contribution in [-0.4, -0.2) is 46.2 Å². The van der Waals surface area contributed by atoms with Crippen molar-refractivity contribution in [3.05, 3.63) is 101 Å². The Kier molecular flexibility index (Phi) is 5.56. The molecule has 2 aliphatic heterocycles. The van der Waals surface area contributed by atoms with Gasteiger partial charge < -0.3 is 14.2 Å². The SMILES string of the molecule is Cc1ccc(C[C@@H](C(=O)N2CC3(COC3)C2)n2c(=N)n(Cc3ccc(C)cc3)c3ccccc32)cc1. The van der Waals surface area contributed by atoms with Crippen LogP contribution in [-0.2, 0) is 22.5 Å². The fraction of sp³-hybridized carbons (Fsp3) is 0.333. The Morgan fingerprint density at radius 1 is 0.889 bits per heavy atom. The van der Waals surface area contributed by atoms with E-state index in [2.05, 4.69) is 68.4 Å². The molecule has 36 heavy (non-hydrogen) atoms. The highest BCUT2D eigenvalue weighted by Crippen LogP contribution is 2.39. The normalized spacial score (nSPS) is 17.1. The number of rotatable bonds is 6. The number of hydrogen-bond acceptors (Lipinski definition) is 3. The fourth-order valence-corrected chi connectivity index (χ4v) is 5.55. The predicted molar refractivity (Wildman–Crippen MR) is 140 cm³/mol. The van der Waals surface area contributed by atoms with E-state index in [0.717, 1.165) is 48.5 Å². The molecule has 1 spiro atoms. The van der Waals surface area contributed by atoms with E-state index in [9.17, 15) is 10.2 Å². The van der Waals surface area contributed by atoms with Gasteiger partial charge >= 0.3 is 0 Å². The molecule has 2 aliphatic rings. The van der Waals surface area contributed by atoms with Crippen molar-refractivity contribution in [3.8, 4) is 0 Å². The number of carbonyl (C=O) groups excluding carboxylic acids is 1. The Morgan fingerprint density at radius 2 is 1.47 bits per heavy atom. The van der Waals surface area contributed by atoms with E-state index in [4.69, 9.17) is 4.74 Å². The topological polar surface area (TPSA) is 63.2 Å². The van der Waals surface area contributed by atoms with Crippen molar-refractivity contribution in [1.82, 2.24) is 14.0 Å². The molecule has 1 atom stereocenters. The van der Waals surface area contributed by atoms with Crippen LogP contribution in [0.1, 0.15) is 28.3 Å². The highest BCUT2D eigenvalue weighted by Gasteiger charge is 2.51. The molecule has 0 radical (unpaired) electrons. The number of likely N-dealkylation sites (tertiary alicyclic amines) is 1. The van der Waals surface area contributed by atoms with Crippen molar-refractivity contribution in [2.45, 2.75) is 32.9 Å². The molecule has 2 fully saturated rings. The minimum atomic E-state index is -0.484. The first-order valence-electron chi connectivity index (χ1n) is 12.6. The summed E-state index contributed by atoms with van der Waals surface area (Å²) in [5.74, 6) is 0.0878.